The average Bonchev–Trinajstić information content (AvgIpc) is 2.77. The molecule has 0 saturated carbocycles. The van der Waals surface area contributed by atoms with Crippen LogP contribution < -0.4 is 16.2 Å². The van der Waals surface area contributed by atoms with E-state index in [4.69, 9.17) is 0 Å². The molecule has 1 amide bonds. The van der Waals surface area contributed by atoms with E-state index in [0.29, 0.717) is 5.56 Å². The normalized spacial score (nSPS) is 15.1. The van der Waals surface area contributed by atoms with E-state index in [1.165, 1.54) is 11.9 Å². The molecule has 0 radical (unpaired) electrons. The lowest BCUT2D eigenvalue weighted by atomic mass is 10.1. The number of hydrazine groups is 2. The van der Waals surface area contributed by atoms with Gasteiger partial charge in [0.2, 0.25) is 0 Å². The number of hydrogen-bond donors (Lipinski definition) is 3. The van der Waals surface area contributed by atoms with Crippen LogP contribution in [0, 0.1) is 6.92 Å². The van der Waals surface area contributed by atoms with Gasteiger partial charge >= 0.3 is 0 Å². The van der Waals surface area contributed by atoms with Crippen molar-refractivity contribution in [1.29, 1.82) is 0 Å². The Morgan fingerprint density at radius 3 is 2.94 bits per heavy atom. The van der Waals surface area contributed by atoms with E-state index in [-0.39, 0.29) is 5.91 Å². The zero-order valence-corrected chi connectivity index (χ0v) is 10.5. The van der Waals surface area contributed by atoms with E-state index in [1.807, 2.05) is 32.2 Å². The fraction of sp³-hybridized carbons (Fsp3) is 0.182. The maximum Gasteiger partial charge on any atom is 0.267 e. The first kappa shape index (κ1) is 11.8. The third-order valence-corrected chi connectivity index (χ3v) is 3.13. The van der Waals surface area contributed by atoms with Crippen LogP contribution in [0.25, 0.3) is 0 Å². The van der Waals surface area contributed by atoms with Crippen LogP contribution in [0.2, 0.25) is 0 Å². The minimum absolute atomic E-state index is 0.139. The molecule has 2 rings (SSSR count). The minimum Gasteiger partial charge on any atom is -0.381 e. The van der Waals surface area contributed by atoms with Crippen LogP contribution >= 0.6 is 11.9 Å². The van der Waals surface area contributed by atoms with Gasteiger partial charge in [-0.2, -0.15) is 0 Å². The van der Waals surface area contributed by atoms with Gasteiger partial charge in [0.15, 0.2) is 0 Å². The smallest absolute Gasteiger partial charge is 0.267 e. The monoisotopic (exact) mass is 250 g/mol. The van der Waals surface area contributed by atoms with E-state index < -0.39 is 0 Å². The van der Waals surface area contributed by atoms with Crippen molar-refractivity contribution < 1.29 is 4.79 Å². The highest BCUT2D eigenvalue weighted by Gasteiger charge is 2.17. The van der Waals surface area contributed by atoms with E-state index in [1.54, 1.807) is 16.8 Å². The number of amides is 1. The van der Waals surface area contributed by atoms with Crippen molar-refractivity contribution in [3.8, 4) is 0 Å². The highest BCUT2D eigenvalue weighted by Crippen LogP contribution is 2.19. The molecule has 0 aliphatic carbocycles. The van der Waals surface area contributed by atoms with Crippen molar-refractivity contribution in [2.75, 3.05) is 7.05 Å². The number of hydrogen-bond acceptors (Lipinski definition) is 5. The van der Waals surface area contributed by atoms with Gasteiger partial charge in [-0.3, -0.25) is 15.6 Å². The van der Waals surface area contributed by atoms with Crippen LogP contribution in [-0.4, -0.2) is 17.5 Å². The Morgan fingerprint density at radius 2 is 2.29 bits per heavy atom. The van der Waals surface area contributed by atoms with Gasteiger partial charge in [-0.05, 0) is 19.1 Å². The third kappa shape index (κ3) is 2.92. The summed E-state index contributed by atoms with van der Waals surface area (Å²) in [6.45, 7) is 1.96. The summed E-state index contributed by atoms with van der Waals surface area (Å²) in [5.41, 5.74) is 7.36. The fourth-order valence-corrected chi connectivity index (χ4v) is 2.01. The molecule has 0 spiro atoms. The molecule has 0 atom stereocenters. The summed E-state index contributed by atoms with van der Waals surface area (Å²) in [5.74, 6) is -0.139. The predicted octanol–water partition coefficient (Wildman–Crippen LogP) is 1.13. The molecule has 1 aromatic carbocycles. The van der Waals surface area contributed by atoms with Gasteiger partial charge in [-0.1, -0.05) is 22.2 Å². The summed E-state index contributed by atoms with van der Waals surface area (Å²) < 4.78 is 1.55. The Kier molecular flexibility index (Phi) is 3.55. The maximum absolute atomic E-state index is 11.9. The molecule has 1 aromatic rings. The van der Waals surface area contributed by atoms with Crippen molar-refractivity contribution in [3.63, 3.8) is 0 Å². The van der Waals surface area contributed by atoms with E-state index in [2.05, 4.69) is 16.2 Å². The zero-order chi connectivity index (χ0) is 12.3. The Hall–Kier alpha value is -1.66. The number of carbonyl (C=O) groups excluding carboxylic acids is 1. The molecule has 1 aliphatic heterocycles. The molecule has 0 unspecified atom stereocenters. The molecule has 90 valence electrons. The first-order valence-corrected chi connectivity index (χ1v) is 5.96. The summed E-state index contributed by atoms with van der Waals surface area (Å²) in [6.07, 6.45) is 1.78. The molecule has 5 nitrogen and oxygen atoms in total. The van der Waals surface area contributed by atoms with Crippen molar-refractivity contribution in [2.24, 2.45) is 0 Å². The molecule has 1 heterocycles. The Balaban J connectivity index is 1.95. The molecule has 0 fully saturated rings. The van der Waals surface area contributed by atoms with Crippen LogP contribution in [0.5, 0.6) is 0 Å². The second kappa shape index (κ2) is 5.11. The summed E-state index contributed by atoms with van der Waals surface area (Å²) in [4.78, 5) is 11.9. The van der Waals surface area contributed by atoms with Crippen LogP contribution in [0.15, 0.2) is 35.5 Å². The highest BCUT2D eigenvalue weighted by atomic mass is 32.2. The van der Waals surface area contributed by atoms with Crippen LogP contribution in [0.4, 0.5) is 0 Å². The maximum atomic E-state index is 11.9. The summed E-state index contributed by atoms with van der Waals surface area (Å²) in [6, 6.07) is 7.46. The lowest BCUT2D eigenvalue weighted by molar-refractivity contribution is 0.0871. The molecule has 6 heteroatoms. The van der Waals surface area contributed by atoms with E-state index in [9.17, 15) is 4.79 Å². The number of benzene rings is 1. The van der Waals surface area contributed by atoms with Crippen molar-refractivity contribution in [3.05, 3.63) is 46.6 Å². The molecule has 0 aromatic heterocycles. The first-order chi connectivity index (χ1) is 8.19. The second-order valence-corrected chi connectivity index (χ2v) is 4.57. The highest BCUT2D eigenvalue weighted by molar-refractivity contribution is 8.00. The Bertz CT molecular complexity index is 461. The van der Waals surface area contributed by atoms with Gasteiger partial charge in [0, 0.05) is 30.8 Å². The molecule has 0 bridgehead atoms. The number of aryl methyl sites for hydroxylation is 1. The predicted molar refractivity (Wildman–Crippen MR) is 68.4 cm³/mol. The molecular formula is C11H14N4OS. The lowest BCUT2D eigenvalue weighted by Gasteiger charge is -2.15. The van der Waals surface area contributed by atoms with Crippen molar-refractivity contribution in [1.82, 2.24) is 20.7 Å². The molecule has 3 N–H and O–H groups in total. The van der Waals surface area contributed by atoms with Crippen LogP contribution in [-0.2, 0) is 0 Å². The molecule has 0 saturated heterocycles. The Morgan fingerprint density at radius 1 is 1.47 bits per heavy atom. The quantitative estimate of drug-likeness (QED) is 0.702. The average molecular weight is 250 g/mol. The van der Waals surface area contributed by atoms with Crippen LogP contribution in [0.3, 0.4) is 0 Å². The van der Waals surface area contributed by atoms with Gasteiger partial charge in [0.1, 0.15) is 5.03 Å². The van der Waals surface area contributed by atoms with Crippen LogP contribution in [0.1, 0.15) is 15.9 Å². The Labute approximate surface area is 104 Å². The summed E-state index contributed by atoms with van der Waals surface area (Å²) >= 11 is 1.38. The van der Waals surface area contributed by atoms with E-state index >= 15 is 0 Å². The minimum atomic E-state index is -0.139. The van der Waals surface area contributed by atoms with Gasteiger partial charge in [-0.15, -0.1) is 0 Å². The number of carbonyl (C=O) groups is 1. The number of nitrogens with one attached hydrogen (secondary N) is 3. The topological polar surface area (TPSA) is 56.4 Å². The number of rotatable bonds is 3. The lowest BCUT2D eigenvalue weighted by Crippen LogP contribution is -2.41. The van der Waals surface area contributed by atoms with Crippen molar-refractivity contribution in [2.45, 2.75) is 6.92 Å². The molecule has 1 aliphatic rings. The largest absolute Gasteiger partial charge is 0.381 e. The summed E-state index contributed by atoms with van der Waals surface area (Å²) in [5, 5.41) is 3.92. The van der Waals surface area contributed by atoms with Crippen molar-refractivity contribution >= 4 is 17.9 Å². The van der Waals surface area contributed by atoms with Gasteiger partial charge < -0.3 is 5.32 Å². The number of nitrogens with zero attached hydrogens (tertiary/aromatic N) is 1. The first-order valence-electron chi connectivity index (χ1n) is 5.19. The third-order valence-electron chi connectivity index (χ3n) is 2.23. The van der Waals surface area contributed by atoms with E-state index in [0.717, 1.165) is 10.6 Å². The molecular weight excluding hydrogens is 236 g/mol. The zero-order valence-electron chi connectivity index (χ0n) is 9.65. The SMILES string of the molecule is CNC1=CNN(NC(=O)c2cccc(C)c2)S1. The standard InChI is InChI=1S/C11H14N4OS/c1-8-4-3-5-9(6-8)11(16)14-15-13-7-10(12-2)17-15/h3-7,12-13H,1-2H3,(H,14,16). The van der Waals surface area contributed by atoms with Gasteiger partial charge in [0.25, 0.3) is 5.91 Å². The molecule has 17 heavy (non-hydrogen) atoms. The second-order valence-electron chi connectivity index (χ2n) is 3.58. The fourth-order valence-electron chi connectivity index (χ4n) is 1.38. The van der Waals surface area contributed by atoms with Gasteiger partial charge in [-0.25, -0.2) is 0 Å². The van der Waals surface area contributed by atoms with Gasteiger partial charge in [0.05, 0.1) is 0 Å². The summed E-state index contributed by atoms with van der Waals surface area (Å²) in [7, 11) is 1.83.